The van der Waals surface area contributed by atoms with Gasteiger partial charge >= 0.3 is 5.97 Å². The Bertz CT molecular complexity index is 538. The number of pyridine rings is 1. The van der Waals surface area contributed by atoms with Gasteiger partial charge in [-0.1, -0.05) is 24.3 Å². The van der Waals surface area contributed by atoms with Crippen molar-refractivity contribution in [2.24, 2.45) is 0 Å². The Hall–Kier alpha value is -2.10. The number of benzene rings is 1. The van der Waals surface area contributed by atoms with E-state index in [1.54, 1.807) is 6.07 Å². The van der Waals surface area contributed by atoms with Crippen molar-refractivity contribution in [2.75, 3.05) is 11.9 Å². The maximum absolute atomic E-state index is 10.9. The minimum Gasteiger partial charge on any atom is -0.477 e. The minimum absolute atomic E-state index is 0.0645. The highest BCUT2D eigenvalue weighted by molar-refractivity contribution is 5.97. The molecule has 0 amide bonds. The zero-order valence-electron chi connectivity index (χ0n) is 8.90. The fourth-order valence-corrected chi connectivity index (χ4v) is 1.61. The first-order valence-corrected chi connectivity index (χ1v) is 5.09. The Labute approximate surface area is 92.9 Å². The quantitative estimate of drug-likeness (QED) is 0.826. The van der Waals surface area contributed by atoms with Gasteiger partial charge in [0.2, 0.25) is 0 Å². The summed E-state index contributed by atoms with van der Waals surface area (Å²) in [5.74, 6) is -0.386. The fourth-order valence-electron chi connectivity index (χ4n) is 1.61. The third-order valence-electron chi connectivity index (χ3n) is 2.30. The Balaban J connectivity index is 2.68. The Kier molecular flexibility index (Phi) is 2.72. The van der Waals surface area contributed by atoms with Crippen LogP contribution in [0.2, 0.25) is 0 Å². The monoisotopic (exact) mass is 216 g/mol. The van der Waals surface area contributed by atoms with Crippen molar-refractivity contribution in [3.8, 4) is 0 Å². The predicted octanol–water partition coefficient (Wildman–Crippen LogP) is 2.36. The van der Waals surface area contributed by atoms with E-state index in [4.69, 9.17) is 5.11 Å². The highest BCUT2D eigenvalue weighted by Gasteiger charge is 2.09. The van der Waals surface area contributed by atoms with Crippen molar-refractivity contribution in [3.63, 3.8) is 0 Å². The van der Waals surface area contributed by atoms with Gasteiger partial charge in [0.1, 0.15) is 5.82 Å². The number of anilines is 1. The van der Waals surface area contributed by atoms with Crippen LogP contribution in [0.1, 0.15) is 17.4 Å². The van der Waals surface area contributed by atoms with Gasteiger partial charge in [-0.25, -0.2) is 9.78 Å². The predicted molar refractivity (Wildman–Crippen MR) is 62.9 cm³/mol. The van der Waals surface area contributed by atoms with Gasteiger partial charge in [-0.3, -0.25) is 0 Å². The zero-order valence-corrected chi connectivity index (χ0v) is 8.90. The molecule has 4 heteroatoms. The lowest BCUT2D eigenvalue weighted by atomic mass is 10.1. The Morgan fingerprint density at radius 2 is 2.19 bits per heavy atom. The summed E-state index contributed by atoms with van der Waals surface area (Å²) in [6.07, 6.45) is 0. The second kappa shape index (κ2) is 4.18. The SMILES string of the molecule is CCNc1nc(C(=O)O)cc2ccccc12. The molecule has 16 heavy (non-hydrogen) atoms. The summed E-state index contributed by atoms with van der Waals surface area (Å²) in [6, 6.07) is 9.17. The molecule has 1 aromatic heterocycles. The molecule has 4 nitrogen and oxygen atoms in total. The fraction of sp³-hybridized carbons (Fsp3) is 0.167. The number of carboxylic acids is 1. The van der Waals surface area contributed by atoms with Gasteiger partial charge < -0.3 is 10.4 Å². The number of rotatable bonds is 3. The third-order valence-corrected chi connectivity index (χ3v) is 2.30. The largest absolute Gasteiger partial charge is 0.477 e. The molecule has 2 rings (SSSR count). The van der Waals surface area contributed by atoms with E-state index >= 15 is 0 Å². The van der Waals surface area contributed by atoms with E-state index in [2.05, 4.69) is 10.3 Å². The maximum Gasteiger partial charge on any atom is 0.354 e. The van der Waals surface area contributed by atoms with Gasteiger partial charge in [0.25, 0.3) is 0 Å². The number of aromatic carboxylic acids is 1. The zero-order chi connectivity index (χ0) is 11.5. The number of carbonyl (C=O) groups is 1. The van der Waals surface area contributed by atoms with E-state index < -0.39 is 5.97 Å². The summed E-state index contributed by atoms with van der Waals surface area (Å²) < 4.78 is 0. The van der Waals surface area contributed by atoms with Crippen molar-refractivity contribution in [1.29, 1.82) is 0 Å². The Morgan fingerprint density at radius 1 is 1.44 bits per heavy atom. The first-order valence-electron chi connectivity index (χ1n) is 5.09. The topological polar surface area (TPSA) is 62.2 Å². The summed E-state index contributed by atoms with van der Waals surface area (Å²) >= 11 is 0. The van der Waals surface area contributed by atoms with Crippen LogP contribution in [-0.2, 0) is 0 Å². The molecule has 0 unspecified atom stereocenters. The van der Waals surface area contributed by atoms with E-state index in [9.17, 15) is 4.79 Å². The molecule has 0 aliphatic rings. The molecule has 0 saturated carbocycles. The number of nitrogens with zero attached hydrogens (tertiary/aromatic N) is 1. The molecule has 2 N–H and O–H groups in total. The van der Waals surface area contributed by atoms with Gasteiger partial charge in [0.15, 0.2) is 5.69 Å². The minimum atomic E-state index is -1.01. The van der Waals surface area contributed by atoms with Crippen molar-refractivity contribution < 1.29 is 9.90 Å². The van der Waals surface area contributed by atoms with E-state index in [1.807, 2.05) is 31.2 Å². The number of hydrogen-bond donors (Lipinski definition) is 2. The van der Waals surface area contributed by atoms with E-state index in [-0.39, 0.29) is 5.69 Å². The third kappa shape index (κ3) is 1.82. The molecule has 82 valence electrons. The molecule has 0 saturated heterocycles. The first kappa shape index (κ1) is 10.4. The highest BCUT2D eigenvalue weighted by atomic mass is 16.4. The van der Waals surface area contributed by atoms with Crippen LogP contribution in [0.3, 0.4) is 0 Å². The molecule has 0 aliphatic heterocycles. The average Bonchev–Trinajstić information content (AvgIpc) is 2.29. The second-order valence-corrected chi connectivity index (χ2v) is 3.41. The molecule has 0 bridgehead atoms. The highest BCUT2D eigenvalue weighted by Crippen LogP contribution is 2.22. The van der Waals surface area contributed by atoms with Crippen LogP contribution in [0.5, 0.6) is 0 Å². The molecule has 1 heterocycles. The van der Waals surface area contributed by atoms with Gasteiger partial charge in [-0.05, 0) is 18.4 Å². The summed E-state index contributed by atoms with van der Waals surface area (Å²) in [4.78, 5) is 15.0. The normalized spacial score (nSPS) is 10.3. The number of fused-ring (bicyclic) bond motifs is 1. The van der Waals surface area contributed by atoms with Crippen LogP contribution in [0, 0.1) is 0 Å². The maximum atomic E-state index is 10.9. The summed E-state index contributed by atoms with van der Waals surface area (Å²) in [5.41, 5.74) is 0.0645. The Morgan fingerprint density at radius 3 is 2.88 bits per heavy atom. The molecule has 0 fully saturated rings. The van der Waals surface area contributed by atoms with Crippen LogP contribution in [0.15, 0.2) is 30.3 Å². The average molecular weight is 216 g/mol. The lowest BCUT2D eigenvalue weighted by molar-refractivity contribution is 0.0691. The molecule has 2 aromatic rings. The summed E-state index contributed by atoms with van der Waals surface area (Å²) in [6.45, 7) is 2.66. The molecule has 0 atom stereocenters. The van der Waals surface area contributed by atoms with Crippen molar-refractivity contribution >= 4 is 22.6 Å². The second-order valence-electron chi connectivity index (χ2n) is 3.41. The van der Waals surface area contributed by atoms with Crippen LogP contribution >= 0.6 is 0 Å². The van der Waals surface area contributed by atoms with E-state index in [0.717, 1.165) is 10.8 Å². The van der Waals surface area contributed by atoms with Gasteiger partial charge in [-0.15, -0.1) is 0 Å². The number of carboxylic acid groups (broad SMARTS) is 1. The van der Waals surface area contributed by atoms with Crippen molar-refractivity contribution in [1.82, 2.24) is 4.98 Å². The smallest absolute Gasteiger partial charge is 0.354 e. The number of aromatic nitrogens is 1. The van der Waals surface area contributed by atoms with Gasteiger partial charge in [-0.2, -0.15) is 0 Å². The van der Waals surface area contributed by atoms with Gasteiger partial charge in [0, 0.05) is 11.9 Å². The molecule has 0 aliphatic carbocycles. The van der Waals surface area contributed by atoms with Crippen LogP contribution in [-0.4, -0.2) is 22.6 Å². The van der Waals surface area contributed by atoms with Crippen LogP contribution in [0.25, 0.3) is 10.8 Å². The number of hydrogen-bond acceptors (Lipinski definition) is 3. The molecule has 1 aromatic carbocycles. The molecule has 0 spiro atoms. The van der Waals surface area contributed by atoms with Crippen molar-refractivity contribution in [2.45, 2.75) is 6.92 Å². The van der Waals surface area contributed by atoms with Crippen LogP contribution in [0.4, 0.5) is 5.82 Å². The van der Waals surface area contributed by atoms with Crippen LogP contribution < -0.4 is 5.32 Å². The first-order chi connectivity index (χ1) is 7.72. The number of nitrogens with one attached hydrogen (secondary N) is 1. The summed E-state index contributed by atoms with van der Waals surface area (Å²) in [7, 11) is 0. The molecular formula is C12H12N2O2. The van der Waals surface area contributed by atoms with Gasteiger partial charge in [0.05, 0.1) is 0 Å². The van der Waals surface area contributed by atoms with E-state index in [0.29, 0.717) is 12.4 Å². The van der Waals surface area contributed by atoms with Crippen molar-refractivity contribution in [3.05, 3.63) is 36.0 Å². The molecule has 0 radical (unpaired) electrons. The summed E-state index contributed by atoms with van der Waals surface area (Å²) in [5, 5.41) is 13.8. The lowest BCUT2D eigenvalue weighted by Crippen LogP contribution is -2.06. The molecular weight excluding hydrogens is 204 g/mol. The standard InChI is InChI=1S/C12H12N2O2/c1-2-13-11-9-6-4-3-5-8(9)7-10(14-11)12(15)16/h3-7H,2H2,1H3,(H,13,14)(H,15,16). The lowest BCUT2D eigenvalue weighted by Gasteiger charge is -2.08. The van der Waals surface area contributed by atoms with E-state index in [1.165, 1.54) is 0 Å².